The highest BCUT2D eigenvalue weighted by Crippen LogP contribution is 2.30. The number of anilines is 1. The predicted molar refractivity (Wildman–Crippen MR) is 94.4 cm³/mol. The Labute approximate surface area is 144 Å². The van der Waals surface area contributed by atoms with E-state index in [2.05, 4.69) is 20.1 Å². The maximum Gasteiger partial charge on any atom is 0.234 e. The Morgan fingerprint density at radius 2 is 2.17 bits per heavy atom. The molecule has 24 heavy (non-hydrogen) atoms. The lowest BCUT2D eigenvalue weighted by atomic mass is 10.3. The van der Waals surface area contributed by atoms with Crippen molar-refractivity contribution in [1.29, 1.82) is 0 Å². The summed E-state index contributed by atoms with van der Waals surface area (Å²) in [5, 5.41) is 2.94. The van der Waals surface area contributed by atoms with Crippen molar-refractivity contribution in [3.63, 3.8) is 0 Å². The van der Waals surface area contributed by atoms with E-state index >= 15 is 0 Å². The zero-order valence-corrected chi connectivity index (χ0v) is 14.7. The van der Waals surface area contributed by atoms with Crippen molar-refractivity contribution in [2.75, 3.05) is 37.6 Å². The molecule has 1 aromatic rings. The van der Waals surface area contributed by atoms with Gasteiger partial charge in [0.2, 0.25) is 5.91 Å². The number of aromatic nitrogens is 1. The molecule has 2 saturated heterocycles. The molecule has 0 aliphatic carbocycles. The molecule has 0 aromatic carbocycles. The fraction of sp³-hybridized carbons (Fsp3) is 0.667. The largest absolute Gasteiger partial charge is 0.485 e. The number of ether oxygens (including phenoxy) is 1. The SMILES string of the molecule is CC(C)NC(=O)CN1CC[C@H](Oc2cccnc2N2CCCC2)C1. The summed E-state index contributed by atoms with van der Waals surface area (Å²) in [6, 6.07) is 4.12. The lowest BCUT2D eigenvalue weighted by molar-refractivity contribution is -0.122. The van der Waals surface area contributed by atoms with Crippen LogP contribution in [-0.2, 0) is 4.79 Å². The number of carbonyl (C=O) groups is 1. The second kappa shape index (κ2) is 7.83. The number of nitrogens with zero attached hydrogens (tertiary/aromatic N) is 3. The van der Waals surface area contributed by atoms with E-state index < -0.39 is 0 Å². The van der Waals surface area contributed by atoms with Gasteiger partial charge in [-0.15, -0.1) is 0 Å². The van der Waals surface area contributed by atoms with Gasteiger partial charge in [-0.2, -0.15) is 0 Å². The maximum atomic E-state index is 11.9. The minimum atomic E-state index is 0.0878. The highest BCUT2D eigenvalue weighted by Gasteiger charge is 2.27. The molecule has 2 aliphatic rings. The van der Waals surface area contributed by atoms with E-state index in [0.717, 1.165) is 44.2 Å². The normalized spacial score (nSPS) is 21.5. The summed E-state index contributed by atoms with van der Waals surface area (Å²) < 4.78 is 6.23. The van der Waals surface area contributed by atoms with Gasteiger partial charge in [-0.25, -0.2) is 4.98 Å². The summed E-state index contributed by atoms with van der Waals surface area (Å²) in [5.74, 6) is 1.92. The summed E-state index contributed by atoms with van der Waals surface area (Å²) in [7, 11) is 0. The standard InChI is InChI=1S/C18H28N4O2/c1-14(2)20-17(23)13-21-11-7-15(12-21)24-16-6-5-8-19-18(16)22-9-3-4-10-22/h5-6,8,14-15H,3-4,7,9-13H2,1-2H3,(H,20,23)/t15-/m0/s1. The average Bonchev–Trinajstić information content (AvgIpc) is 3.19. The van der Waals surface area contributed by atoms with Crippen LogP contribution in [0, 0.1) is 0 Å². The van der Waals surface area contributed by atoms with E-state index in [1.165, 1.54) is 12.8 Å². The molecule has 2 fully saturated rings. The molecule has 1 amide bonds. The van der Waals surface area contributed by atoms with Crippen LogP contribution >= 0.6 is 0 Å². The summed E-state index contributed by atoms with van der Waals surface area (Å²) in [6.07, 6.45) is 5.35. The number of pyridine rings is 1. The number of nitrogens with one attached hydrogen (secondary N) is 1. The van der Waals surface area contributed by atoms with Crippen LogP contribution in [0.2, 0.25) is 0 Å². The number of hydrogen-bond donors (Lipinski definition) is 1. The van der Waals surface area contributed by atoms with Crippen LogP contribution in [0.25, 0.3) is 0 Å². The first-order valence-electron chi connectivity index (χ1n) is 9.00. The average molecular weight is 332 g/mol. The van der Waals surface area contributed by atoms with E-state index in [-0.39, 0.29) is 18.1 Å². The van der Waals surface area contributed by atoms with Gasteiger partial charge in [0.15, 0.2) is 11.6 Å². The second-order valence-corrected chi connectivity index (χ2v) is 7.01. The van der Waals surface area contributed by atoms with E-state index in [1.54, 1.807) is 0 Å². The van der Waals surface area contributed by atoms with Gasteiger partial charge in [0.05, 0.1) is 6.54 Å². The van der Waals surface area contributed by atoms with Crippen LogP contribution in [0.1, 0.15) is 33.1 Å². The molecular formula is C18H28N4O2. The minimum Gasteiger partial charge on any atom is -0.485 e. The fourth-order valence-electron chi connectivity index (χ4n) is 3.43. The Morgan fingerprint density at radius 1 is 1.38 bits per heavy atom. The molecule has 1 aromatic heterocycles. The Balaban J connectivity index is 1.55. The highest BCUT2D eigenvalue weighted by molar-refractivity contribution is 5.78. The molecule has 0 saturated carbocycles. The van der Waals surface area contributed by atoms with Crippen molar-refractivity contribution in [3.05, 3.63) is 18.3 Å². The molecule has 2 aliphatic heterocycles. The topological polar surface area (TPSA) is 57.7 Å². The van der Waals surface area contributed by atoms with Gasteiger partial charge in [0.25, 0.3) is 0 Å². The van der Waals surface area contributed by atoms with Gasteiger partial charge in [-0.3, -0.25) is 9.69 Å². The summed E-state index contributed by atoms with van der Waals surface area (Å²) >= 11 is 0. The molecule has 6 nitrogen and oxygen atoms in total. The molecule has 1 atom stereocenters. The molecule has 1 N–H and O–H groups in total. The Kier molecular flexibility index (Phi) is 5.56. The molecule has 3 rings (SSSR count). The molecule has 132 valence electrons. The van der Waals surface area contributed by atoms with Gasteiger partial charge in [0, 0.05) is 38.4 Å². The second-order valence-electron chi connectivity index (χ2n) is 7.01. The van der Waals surface area contributed by atoms with Crippen molar-refractivity contribution in [3.8, 4) is 5.75 Å². The lowest BCUT2D eigenvalue weighted by Crippen LogP contribution is -2.39. The Bertz CT molecular complexity index is 558. The predicted octanol–water partition coefficient (Wildman–Crippen LogP) is 1.66. The van der Waals surface area contributed by atoms with E-state index in [9.17, 15) is 4.79 Å². The number of hydrogen-bond acceptors (Lipinski definition) is 5. The van der Waals surface area contributed by atoms with Crippen LogP contribution in [0.4, 0.5) is 5.82 Å². The third-order valence-corrected chi connectivity index (χ3v) is 4.50. The molecule has 3 heterocycles. The van der Waals surface area contributed by atoms with Crippen molar-refractivity contribution in [1.82, 2.24) is 15.2 Å². The Hall–Kier alpha value is -1.82. The highest BCUT2D eigenvalue weighted by atomic mass is 16.5. The van der Waals surface area contributed by atoms with Crippen LogP contribution in [-0.4, -0.2) is 60.7 Å². The van der Waals surface area contributed by atoms with Crippen LogP contribution in [0.15, 0.2) is 18.3 Å². The smallest absolute Gasteiger partial charge is 0.234 e. The first kappa shape index (κ1) is 17.0. The van der Waals surface area contributed by atoms with Gasteiger partial charge in [0.1, 0.15) is 6.10 Å². The quantitative estimate of drug-likeness (QED) is 0.858. The molecule has 6 heteroatoms. The van der Waals surface area contributed by atoms with Crippen molar-refractivity contribution in [2.45, 2.75) is 45.3 Å². The maximum absolute atomic E-state index is 11.9. The zero-order chi connectivity index (χ0) is 16.9. The Morgan fingerprint density at radius 3 is 2.92 bits per heavy atom. The first-order valence-corrected chi connectivity index (χ1v) is 9.00. The number of amides is 1. The van der Waals surface area contributed by atoms with Crippen molar-refractivity contribution in [2.24, 2.45) is 0 Å². The number of carbonyl (C=O) groups excluding carboxylic acids is 1. The van der Waals surface area contributed by atoms with E-state index in [4.69, 9.17) is 4.74 Å². The van der Waals surface area contributed by atoms with Gasteiger partial charge in [-0.05, 0) is 45.2 Å². The molecule has 0 radical (unpaired) electrons. The monoisotopic (exact) mass is 332 g/mol. The summed E-state index contributed by atoms with van der Waals surface area (Å²) in [4.78, 5) is 20.9. The van der Waals surface area contributed by atoms with Crippen molar-refractivity contribution >= 4 is 11.7 Å². The zero-order valence-electron chi connectivity index (χ0n) is 14.7. The molecular weight excluding hydrogens is 304 g/mol. The third kappa shape index (κ3) is 4.38. The molecule has 0 unspecified atom stereocenters. The summed E-state index contributed by atoms with van der Waals surface area (Å²) in [5.41, 5.74) is 0. The molecule has 0 spiro atoms. The van der Waals surface area contributed by atoms with Crippen LogP contribution in [0.5, 0.6) is 5.75 Å². The summed E-state index contributed by atoms with van der Waals surface area (Å²) in [6.45, 7) is 8.21. The van der Waals surface area contributed by atoms with Gasteiger partial charge < -0.3 is 15.0 Å². The lowest BCUT2D eigenvalue weighted by Gasteiger charge is -2.22. The minimum absolute atomic E-state index is 0.0878. The van der Waals surface area contributed by atoms with Crippen LogP contribution < -0.4 is 15.0 Å². The van der Waals surface area contributed by atoms with Crippen molar-refractivity contribution < 1.29 is 9.53 Å². The number of rotatable bonds is 6. The van der Waals surface area contributed by atoms with E-state index in [1.807, 2.05) is 32.2 Å². The first-order chi connectivity index (χ1) is 11.6. The molecule has 0 bridgehead atoms. The van der Waals surface area contributed by atoms with Gasteiger partial charge in [-0.1, -0.05) is 0 Å². The van der Waals surface area contributed by atoms with Gasteiger partial charge >= 0.3 is 0 Å². The third-order valence-electron chi connectivity index (χ3n) is 4.50. The van der Waals surface area contributed by atoms with E-state index in [0.29, 0.717) is 6.54 Å². The van der Waals surface area contributed by atoms with Crippen LogP contribution in [0.3, 0.4) is 0 Å². The number of likely N-dealkylation sites (tertiary alicyclic amines) is 1. The fourth-order valence-corrected chi connectivity index (χ4v) is 3.43.